The highest BCUT2D eigenvalue weighted by atomic mass is 19.1. The van der Waals surface area contributed by atoms with E-state index in [1.54, 1.807) is 24.4 Å². The fraction of sp³-hybridized carbons (Fsp3) is 0.333. The first-order valence-corrected chi connectivity index (χ1v) is 13.6. The second-order valence-electron chi connectivity index (χ2n) is 10.7. The lowest BCUT2D eigenvalue weighted by Crippen LogP contribution is -2.22. The molecule has 6 heteroatoms. The van der Waals surface area contributed by atoms with Crippen LogP contribution in [0.1, 0.15) is 95.4 Å². The maximum absolute atomic E-state index is 13.1. The van der Waals surface area contributed by atoms with Gasteiger partial charge in [-0.1, -0.05) is 18.2 Å². The van der Waals surface area contributed by atoms with Gasteiger partial charge in [0.05, 0.1) is 23.6 Å². The Balaban J connectivity index is 1.48. The monoisotopic (exact) mass is 520 g/mol. The molecule has 1 saturated carbocycles. The highest BCUT2D eigenvalue weighted by molar-refractivity contribution is 6.52. The zero-order valence-corrected chi connectivity index (χ0v) is 22.5. The van der Waals surface area contributed by atoms with Gasteiger partial charge in [-0.05, 0) is 105 Å². The predicted octanol–water partition coefficient (Wildman–Crippen LogP) is 7.59. The first-order chi connectivity index (χ1) is 18.9. The van der Waals surface area contributed by atoms with Gasteiger partial charge < -0.3 is 0 Å². The molecule has 1 aromatic heterocycles. The van der Waals surface area contributed by atoms with E-state index in [9.17, 15) is 9.18 Å². The van der Waals surface area contributed by atoms with Gasteiger partial charge in [-0.2, -0.15) is 0 Å². The number of Topliss-reactive ketones (excluding diaryl/α,β-unsaturated/α-hetero) is 1. The van der Waals surface area contributed by atoms with E-state index in [4.69, 9.17) is 15.8 Å². The summed E-state index contributed by atoms with van der Waals surface area (Å²) in [7, 11) is 0. The Morgan fingerprint density at radius 1 is 1.10 bits per heavy atom. The van der Waals surface area contributed by atoms with Crippen molar-refractivity contribution < 1.29 is 9.18 Å². The van der Waals surface area contributed by atoms with Crippen LogP contribution in [0.5, 0.6) is 0 Å². The molecule has 1 fully saturated rings. The number of carbonyl (C=O) groups excluding carboxylic acids is 1. The van der Waals surface area contributed by atoms with E-state index in [0.717, 1.165) is 49.0 Å². The first kappa shape index (κ1) is 26.6. The molecule has 3 aliphatic rings. The van der Waals surface area contributed by atoms with Crippen LogP contribution in [0, 0.1) is 23.7 Å². The number of aromatic nitrogens is 1. The van der Waals surface area contributed by atoms with Crippen molar-refractivity contribution in [3.05, 3.63) is 93.6 Å². The van der Waals surface area contributed by atoms with Gasteiger partial charge in [-0.25, -0.2) is 4.98 Å². The molecule has 1 aliphatic heterocycles. The molecular weight excluding hydrogens is 487 g/mol. The van der Waals surface area contributed by atoms with E-state index in [1.165, 1.54) is 11.6 Å². The molecule has 0 spiro atoms. The van der Waals surface area contributed by atoms with Crippen LogP contribution in [0.2, 0.25) is 0 Å². The number of ketones is 1. The zero-order chi connectivity index (χ0) is 27.5. The largest absolute Gasteiger partial charge is 0.298 e. The van der Waals surface area contributed by atoms with Crippen molar-refractivity contribution in [3.8, 4) is 0 Å². The number of alkyl halides is 1. The van der Waals surface area contributed by atoms with Gasteiger partial charge in [0.25, 0.3) is 0 Å². The van der Waals surface area contributed by atoms with Crippen LogP contribution < -0.4 is 0 Å². The Labute approximate surface area is 229 Å². The molecule has 5 nitrogen and oxygen atoms in total. The van der Waals surface area contributed by atoms with Gasteiger partial charge in [-0.3, -0.25) is 25.0 Å². The Morgan fingerprint density at radius 3 is 2.64 bits per heavy atom. The van der Waals surface area contributed by atoms with Gasteiger partial charge in [-0.15, -0.1) is 5.73 Å². The maximum atomic E-state index is 13.1. The minimum absolute atomic E-state index is 0.114. The van der Waals surface area contributed by atoms with Gasteiger partial charge in [0.1, 0.15) is 11.4 Å². The number of aryl methyl sites for hydroxylation is 1. The summed E-state index contributed by atoms with van der Waals surface area (Å²) in [6.45, 7) is 3.74. The molecule has 0 radical (unpaired) electrons. The summed E-state index contributed by atoms with van der Waals surface area (Å²) in [4.78, 5) is 22.3. The lowest BCUT2D eigenvalue weighted by Gasteiger charge is -2.29. The Morgan fingerprint density at radius 2 is 1.90 bits per heavy atom. The SMILES string of the molecule is CC1=NC=C(c2cc3c(c(C(=N)c4ccc(C5CCC(CCCF)CC5)c(C)c4)n2)C(=O)C(=N)C=C3)C=C=C1. The lowest BCUT2D eigenvalue weighted by atomic mass is 9.76. The minimum atomic E-state index is -0.427. The van der Waals surface area contributed by atoms with Crippen LogP contribution in [-0.4, -0.2) is 34.6 Å². The second kappa shape index (κ2) is 11.4. The minimum Gasteiger partial charge on any atom is -0.298 e. The number of hydrogen-bond acceptors (Lipinski definition) is 5. The Bertz CT molecular complexity index is 1510. The molecule has 2 aliphatic carbocycles. The van der Waals surface area contributed by atoms with Crippen molar-refractivity contribution in [2.75, 3.05) is 6.67 Å². The number of halogens is 1. The van der Waals surface area contributed by atoms with Crippen molar-refractivity contribution in [3.63, 3.8) is 0 Å². The standard InChI is InChI=1S/C33H33FN4O/c1-20-17-25(12-14-27(20)23-10-8-22(9-11-23)6-4-16-34)31(36)32-30-24(13-15-28(35)33(30)39)18-29(38-32)26-7-3-5-21(2)37-19-26/h5,7,12-15,17-19,22-23,35-36H,4,6,8-11,16H2,1-2H3. The summed E-state index contributed by atoms with van der Waals surface area (Å²) in [5.41, 5.74) is 9.60. The molecule has 0 saturated heterocycles. The third-order valence-corrected chi connectivity index (χ3v) is 8.01. The van der Waals surface area contributed by atoms with Crippen LogP contribution in [0.4, 0.5) is 4.39 Å². The summed E-state index contributed by atoms with van der Waals surface area (Å²) >= 11 is 0. The summed E-state index contributed by atoms with van der Waals surface area (Å²) in [5, 5.41) is 17.2. The molecule has 0 bridgehead atoms. The first-order valence-electron chi connectivity index (χ1n) is 13.6. The van der Waals surface area contributed by atoms with Gasteiger partial charge in [0, 0.05) is 29.1 Å². The number of benzene rings is 1. The molecule has 0 atom stereocenters. The van der Waals surface area contributed by atoms with Crippen LogP contribution in [0.25, 0.3) is 11.6 Å². The fourth-order valence-electron chi connectivity index (χ4n) is 5.84. The van der Waals surface area contributed by atoms with Crippen molar-refractivity contribution in [1.82, 2.24) is 4.98 Å². The summed E-state index contributed by atoms with van der Waals surface area (Å²) in [5.74, 6) is 0.675. The van der Waals surface area contributed by atoms with Gasteiger partial charge in [0.15, 0.2) is 0 Å². The third-order valence-electron chi connectivity index (χ3n) is 8.01. The lowest BCUT2D eigenvalue weighted by molar-refractivity contribution is 0.106. The second-order valence-corrected chi connectivity index (χ2v) is 10.7. The average Bonchev–Trinajstić information content (AvgIpc) is 3.17. The molecule has 2 N–H and O–H groups in total. The number of hydrogen-bond donors (Lipinski definition) is 2. The highest BCUT2D eigenvalue weighted by Crippen LogP contribution is 2.39. The van der Waals surface area contributed by atoms with E-state index in [2.05, 4.69) is 23.7 Å². The van der Waals surface area contributed by atoms with Gasteiger partial charge in [0.2, 0.25) is 5.78 Å². The maximum Gasteiger partial charge on any atom is 0.213 e. The Kier molecular flexibility index (Phi) is 7.76. The number of nitrogens with one attached hydrogen (secondary N) is 2. The van der Waals surface area contributed by atoms with Crippen LogP contribution in [-0.2, 0) is 0 Å². The van der Waals surface area contributed by atoms with Crippen LogP contribution >= 0.6 is 0 Å². The van der Waals surface area contributed by atoms with Crippen LogP contribution in [0.15, 0.2) is 59.4 Å². The number of nitrogens with zero attached hydrogens (tertiary/aromatic N) is 2. The molecule has 39 heavy (non-hydrogen) atoms. The van der Waals surface area contributed by atoms with Crippen molar-refractivity contribution >= 4 is 34.6 Å². The molecule has 0 amide bonds. The normalized spacial score (nSPS) is 20.4. The number of allylic oxidation sites excluding steroid dienone is 3. The Hall–Kier alpha value is -4.02. The zero-order valence-electron chi connectivity index (χ0n) is 22.5. The molecule has 1 aromatic carbocycles. The van der Waals surface area contributed by atoms with Crippen molar-refractivity contribution in [2.45, 2.75) is 58.3 Å². The molecule has 2 aromatic rings. The molecule has 5 rings (SSSR count). The smallest absolute Gasteiger partial charge is 0.213 e. The molecule has 2 heterocycles. The number of fused-ring (bicyclic) bond motifs is 1. The topological polar surface area (TPSA) is 90.0 Å². The summed E-state index contributed by atoms with van der Waals surface area (Å²) in [6.07, 6.45) is 14.7. The van der Waals surface area contributed by atoms with E-state index >= 15 is 0 Å². The van der Waals surface area contributed by atoms with E-state index in [-0.39, 0.29) is 29.4 Å². The van der Waals surface area contributed by atoms with E-state index in [0.29, 0.717) is 35.1 Å². The number of rotatable bonds is 7. The number of aliphatic imine (C=N–C) groups is 1. The fourth-order valence-corrected chi connectivity index (χ4v) is 5.84. The highest BCUT2D eigenvalue weighted by Gasteiger charge is 2.28. The predicted molar refractivity (Wildman–Crippen MR) is 156 cm³/mol. The summed E-state index contributed by atoms with van der Waals surface area (Å²) in [6, 6.07) is 7.90. The number of carbonyl (C=O) groups is 1. The molecule has 0 unspecified atom stereocenters. The third kappa shape index (κ3) is 5.57. The molecular formula is C33H33FN4O. The van der Waals surface area contributed by atoms with E-state index in [1.807, 2.05) is 25.1 Å². The van der Waals surface area contributed by atoms with Crippen molar-refractivity contribution in [1.29, 1.82) is 10.8 Å². The van der Waals surface area contributed by atoms with E-state index < -0.39 is 5.78 Å². The van der Waals surface area contributed by atoms with Crippen molar-refractivity contribution in [2.24, 2.45) is 10.9 Å². The molecule has 198 valence electrons. The summed E-state index contributed by atoms with van der Waals surface area (Å²) < 4.78 is 12.6. The van der Waals surface area contributed by atoms with Gasteiger partial charge >= 0.3 is 0 Å². The average molecular weight is 521 g/mol. The van der Waals surface area contributed by atoms with Crippen LogP contribution in [0.3, 0.4) is 0 Å². The quantitative estimate of drug-likeness (QED) is 0.291. The number of pyridine rings is 1.